The number of imidazole rings is 1. The number of aromatic nitrogens is 4. The molecule has 4 atom stereocenters. The van der Waals surface area contributed by atoms with Gasteiger partial charge >= 0.3 is 0 Å². The van der Waals surface area contributed by atoms with E-state index in [4.69, 9.17) is 16.2 Å². The summed E-state index contributed by atoms with van der Waals surface area (Å²) in [6.07, 6.45) is 5.19. The SMILES string of the molecule is NC1=CC(SC[C@H]2OC(n3cnc4c(N)ncnc43)[C@H](O)[C@@H]2O)=CCC1. The molecular weight excluding hydrogens is 356 g/mol. The Bertz CT molecular complexity index is 882. The van der Waals surface area contributed by atoms with E-state index in [-0.39, 0.29) is 5.82 Å². The quantitative estimate of drug-likeness (QED) is 0.591. The molecule has 2 aromatic heterocycles. The molecule has 2 aromatic rings. The Hall–Kier alpha value is -2.14. The Balaban J connectivity index is 1.51. The lowest BCUT2D eigenvalue weighted by molar-refractivity contribution is -0.0288. The third kappa shape index (κ3) is 3.05. The third-order valence-electron chi connectivity index (χ3n) is 4.52. The third-order valence-corrected chi connectivity index (χ3v) is 5.63. The second kappa shape index (κ2) is 6.88. The van der Waals surface area contributed by atoms with Crippen molar-refractivity contribution < 1.29 is 14.9 Å². The van der Waals surface area contributed by atoms with Crippen LogP contribution in [0.2, 0.25) is 0 Å². The smallest absolute Gasteiger partial charge is 0.167 e. The molecule has 10 heteroatoms. The first-order chi connectivity index (χ1) is 12.5. The molecule has 0 spiro atoms. The van der Waals surface area contributed by atoms with Gasteiger partial charge in [0.2, 0.25) is 0 Å². The van der Waals surface area contributed by atoms with Gasteiger partial charge in [-0.3, -0.25) is 4.57 Å². The summed E-state index contributed by atoms with van der Waals surface area (Å²) in [5.74, 6) is 0.746. The standard InChI is InChI=1S/C16H20N6O3S/c17-8-2-1-3-9(4-8)26-5-10-12(23)13(24)16(25-10)22-7-21-11-14(18)19-6-20-15(11)22/h3-4,6-7,10,12-13,16,23-24H,1-2,5,17H2,(H2,18,19,20)/t10-,12-,13-,16?/m1/s1. The van der Waals surface area contributed by atoms with Crippen molar-refractivity contribution in [1.82, 2.24) is 19.5 Å². The van der Waals surface area contributed by atoms with Gasteiger partial charge in [0.25, 0.3) is 0 Å². The molecule has 1 aliphatic carbocycles. The van der Waals surface area contributed by atoms with E-state index >= 15 is 0 Å². The minimum Gasteiger partial charge on any atom is -0.402 e. The lowest BCUT2D eigenvalue weighted by Gasteiger charge is -2.16. The van der Waals surface area contributed by atoms with Crippen LogP contribution in [0.1, 0.15) is 19.1 Å². The zero-order valence-electron chi connectivity index (χ0n) is 13.9. The van der Waals surface area contributed by atoms with E-state index in [9.17, 15) is 10.2 Å². The first kappa shape index (κ1) is 17.3. The number of nitrogens with two attached hydrogens (primary N) is 2. The van der Waals surface area contributed by atoms with Crippen molar-refractivity contribution in [1.29, 1.82) is 0 Å². The van der Waals surface area contributed by atoms with E-state index in [2.05, 4.69) is 21.0 Å². The first-order valence-electron chi connectivity index (χ1n) is 8.28. The molecule has 4 rings (SSSR count). The second-order valence-electron chi connectivity index (χ2n) is 6.30. The highest BCUT2D eigenvalue weighted by Gasteiger charge is 2.44. The molecule has 0 bridgehead atoms. The highest BCUT2D eigenvalue weighted by molar-refractivity contribution is 8.03. The summed E-state index contributed by atoms with van der Waals surface area (Å²) in [5.41, 5.74) is 13.4. The maximum Gasteiger partial charge on any atom is 0.167 e. The zero-order valence-corrected chi connectivity index (χ0v) is 14.7. The second-order valence-corrected chi connectivity index (χ2v) is 7.40. The zero-order chi connectivity index (χ0) is 18.3. The van der Waals surface area contributed by atoms with Gasteiger partial charge in [-0.05, 0) is 18.9 Å². The predicted octanol–water partition coefficient (Wildman–Crippen LogP) is 0.281. The van der Waals surface area contributed by atoms with E-state index in [0.29, 0.717) is 16.9 Å². The topological polar surface area (TPSA) is 145 Å². The fourth-order valence-electron chi connectivity index (χ4n) is 3.13. The average Bonchev–Trinajstić information content (AvgIpc) is 3.17. The predicted molar refractivity (Wildman–Crippen MR) is 97.7 cm³/mol. The lowest BCUT2D eigenvalue weighted by Crippen LogP contribution is -2.32. The van der Waals surface area contributed by atoms with Gasteiger partial charge in [0.05, 0.1) is 12.4 Å². The van der Waals surface area contributed by atoms with Crippen LogP contribution in [-0.4, -0.2) is 53.8 Å². The number of allylic oxidation sites excluding steroid dienone is 3. The molecule has 3 heterocycles. The number of nitrogens with zero attached hydrogens (tertiary/aromatic N) is 4. The van der Waals surface area contributed by atoms with Crippen LogP contribution in [0.15, 0.2) is 35.4 Å². The van der Waals surface area contributed by atoms with Crippen LogP contribution < -0.4 is 11.5 Å². The normalized spacial score (nSPS) is 29.0. The summed E-state index contributed by atoms with van der Waals surface area (Å²) in [7, 11) is 0. The van der Waals surface area contributed by atoms with Crippen LogP contribution in [0.25, 0.3) is 11.2 Å². The van der Waals surface area contributed by atoms with Gasteiger partial charge in [-0.1, -0.05) is 6.08 Å². The number of anilines is 1. The largest absolute Gasteiger partial charge is 0.402 e. The number of hydrogen-bond acceptors (Lipinski definition) is 9. The molecule has 26 heavy (non-hydrogen) atoms. The molecule has 0 saturated carbocycles. The van der Waals surface area contributed by atoms with Gasteiger partial charge in [0.15, 0.2) is 17.7 Å². The summed E-state index contributed by atoms with van der Waals surface area (Å²) in [6.45, 7) is 0. The maximum absolute atomic E-state index is 10.5. The van der Waals surface area contributed by atoms with Gasteiger partial charge < -0.3 is 26.4 Å². The molecule has 2 aliphatic rings. The number of rotatable bonds is 4. The number of aliphatic hydroxyl groups is 2. The molecule has 6 N–H and O–H groups in total. The van der Waals surface area contributed by atoms with Crippen molar-refractivity contribution in [2.24, 2.45) is 5.73 Å². The van der Waals surface area contributed by atoms with Crippen molar-refractivity contribution in [2.45, 2.75) is 37.4 Å². The number of fused-ring (bicyclic) bond motifs is 1. The van der Waals surface area contributed by atoms with Crippen LogP contribution in [0.5, 0.6) is 0 Å². The molecule has 0 amide bonds. The van der Waals surface area contributed by atoms with Crippen LogP contribution in [0, 0.1) is 0 Å². The molecule has 138 valence electrons. The Labute approximate surface area is 153 Å². The van der Waals surface area contributed by atoms with Gasteiger partial charge in [0, 0.05) is 16.4 Å². The van der Waals surface area contributed by atoms with Gasteiger partial charge in [-0.15, -0.1) is 11.8 Å². The fraction of sp³-hybridized carbons (Fsp3) is 0.438. The first-order valence-corrected chi connectivity index (χ1v) is 9.27. The van der Waals surface area contributed by atoms with Crippen molar-refractivity contribution in [3.05, 3.63) is 35.4 Å². The van der Waals surface area contributed by atoms with E-state index < -0.39 is 24.5 Å². The summed E-state index contributed by atoms with van der Waals surface area (Å²) >= 11 is 1.55. The number of ether oxygens (including phenoxy) is 1. The highest BCUT2D eigenvalue weighted by atomic mass is 32.2. The van der Waals surface area contributed by atoms with E-state index in [1.54, 1.807) is 16.3 Å². The van der Waals surface area contributed by atoms with Crippen molar-refractivity contribution >= 4 is 28.7 Å². The Morgan fingerprint density at radius 3 is 2.88 bits per heavy atom. The molecule has 1 fully saturated rings. The Morgan fingerprint density at radius 1 is 1.23 bits per heavy atom. The summed E-state index contributed by atoms with van der Waals surface area (Å²) in [6, 6.07) is 0. The number of aliphatic hydroxyl groups excluding tert-OH is 2. The molecule has 0 radical (unpaired) electrons. The van der Waals surface area contributed by atoms with E-state index in [1.807, 2.05) is 6.08 Å². The monoisotopic (exact) mass is 376 g/mol. The van der Waals surface area contributed by atoms with Gasteiger partial charge in [-0.2, -0.15) is 0 Å². The minimum absolute atomic E-state index is 0.252. The number of hydrogen-bond donors (Lipinski definition) is 4. The average molecular weight is 376 g/mol. The molecule has 1 saturated heterocycles. The number of thioether (sulfide) groups is 1. The molecule has 0 aromatic carbocycles. The highest BCUT2D eigenvalue weighted by Crippen LogP contribution is 2.35. The van der Waals surface area contributed by atoms with Gasteiger partial charge in [0.1, 0.15) is 24.1 Å². The molecule has 1 unspecified atom stereocenters. The minimum atomic E-state index is -1.10. The van der Waals surface area contributed by atoms with Crippen molar-refractivity contribution in [2.75, 3.05) is 11.5 Å². The van der Waals surface area contributed by atoms with E-state index in [1.165, 1.54) is 12.7 Å². The van der Waals surface area contributed by atoms with Crippen molar-refractivity contribution in [3.63, 3.8) is 0 Å². The van der Waals surface area contributed by atoms with Crippen LogP contribution in [0.3, 0.4) is 0 Å². The fourth-order valence-corrected chi connectivity index (χ4v) is 4.23. The van der Waals surface area contributed by atoms with Crippen LogP contribution >= 0.6 is 11.8 Å². The maximum atomic E-state index is 10.5. The number of nitrogen functional groups attached to an aromatic ring is 1. The summed E-state index contributed by atoms with van der Waals surface area (Å²) < 4.78 is 7.49. The molecule has 9 nitrogen and oxygen atoms in total. The Morgan fingerprint density at radius 2 is 2.08 bits per heavy atom. The lowest BCUT2D eigenvalue weighted by atomic mass is 10.1. The van der Waals surface area contributed by atoms with Gasteiger partial charge in [-0.25, -0.2) is 15.0 Å². The van der Waals surface area contributed by atoms with Crippen LogP contribution in [0.4, 0.5) is 5.82 Å². The Kier molecular flexibility index (Phi) is 4.57. The summed E-state index contributed by atoms with van der Waals surface area (Å²) in [4.78, 5) is 13.3. The van der Waals surface area contributed by atoms with Crippen LogP contribution in [-0.2, 0) is 4.74 Å². The molecule has 1 aliphatic heterocycles. The summed E-state index contributed by atoms with van der Waals surface area (Å²) in [5, 5.41) is 20.8. The van der Waals surface area contributed by atoms with E-state index in [0.717, 1.165) is 23.4 Å². The van der Waals surface area contributed by atoms with Crippen molar-refractivity contribution in [3.8, 4) is 0 Å². The molecular formula is C16H20N6O3S.